The molecule has 6 heteroatoms. The van der Waals surface area contributed by atoms with Crippen LogP contribution in [0.4, 0.5) is 0 Å². The Morgan fingerprint density at radius 3 is 2.70 bits per heavy atom. The van der Waals surface area contributed by atoms with E-state index in [2.05, 4.69) is 35.9 Å². The maximum absolute atomic E-state index is 6.17. The second-order valence-electron chi connectivity index (χ2n) is 6.32. The van der Waals surface area contributed by atoms with Crippen molar-refractivity contribution in [1.82, 2.24) is 14.9 Å². The number of rotatable bonds is 8. The molecule has 23 heavy (non-hydrogen) atoms. The fourth-order valence-electron chi connectivity index (χ4n) is 2.86. The number of nitrogens with zero attached hydrogens (tertiary/aromatic N) is 3. The maximum atomic E-state index is 6.17. The number of morpholine rings is 1. The predicted molar refractivity (Wildman–Crippen MR) is 92.6 cm³/mol. The van der Waals surface area contributed by atoms with Crippen molar-refractivity contribution >= 4 is 0 Å². The molecule has 132 valence electrons. The molecule has 1 fully saturated rings. The monoisotopic (exact) mass is 324 g/mol. The molecule has 1 aliphatic heterocycles. The number of hydrogen-bond donors (Lipinski definition) is 1. The fraction of sp³-hybridized carbons (Fsp3) is 0.765. The molecule has 1 saturated heterocycles. The van der Waals surface area contributed by atoms with Crippen LogP contribution < -0.4 is 5.73 Å². The Kier molecular flexibility index (Phi) is 7.36. The zero-order valence-corrected chi connectivity index (χ0v) is 14.8. The Morgan fingerprint density at radius 2 is 2.00 bits per heavy atom. The van der Waals surface area contributed by atoms with E-state index >= 15 is 0 Å². The lowest BCUT2D eigenvalue weighted by Gasteiger charge is -2.32. The van der Waals surface area contributed by atoms with Gasteiger partial charge in [-0.15, -0.1) is 0 Å². The first kappa shape index (κ1) is 18.3. The second-order valence-corrected chi connectivity index (χ2v) is 6.32. The van der Waals surface area contributed by atoms with Crippen LogP contribution in [0.3, 0.4) is 0 Å². The van der Waals surface area contributed by atoms with E-state index in [0.717, 1.165) is 70.4 Å². The van der Waals surface area contributed by atoms with E-state index in [-0.39, 0.29) is 0 Å². The first-order chi connectivity index (χ1) is 11.1. The van der Waals surface area contributed by atoms with Crippen molar-refractivity contribution in [2.75, 3.05) is 66.6 Å². The molecule has 0 aromatic heterocycles. The Labute approximate surface area is 140 Å². The van der Waals surface area contributed by atoms with Gasteiger partial charge >= 0.3 is 0 Å². The topological polar surface area (TPSA) is 54.2 Å². The Hall–Kier alpha value is -1.08. The summed E-state index contributed by atoms with van der Waals surface area (Å²) in [5.41, 5.74) is 7.12. The molecule has 1 unspecified atom stereocenters. The molecular formula is C17H32N4O2. The van der Waals surface area contributed by atoms with Crippen LogP contribution in [0.1, 0.15) is 13.3 Å². The van der Waals surface area contributed by atoms with Gasteiger partial charge in [0.05, 0.1) is 19.0 Å². The third kappa shape index (κ3) is 5.80. The van der Waals surface area contributed by atoms with Gasteiger partial charge in [-0.25, -0.2) is 10.0 Å². The molecule has 0 bridgehead atoms. The molecule has 0 radical (unpaired) electrons. The predicted octanol–water partition coefficient (Wildman–Crippen LogP) is 0.880. The molecule has 0 amide bonds. The van der Waals surface area contributed by atoms with Crippen molar-refractivity contribution in [1.29, 1.82) is 0 Å². The maximum Gasteiger partial charge on any atom is 0.100 e. The van der Waals surface area contributed by atoms with E-state index in [4.69, 9.17) is 15.2 Å². The molecule has 0 aromatic carbocycles. The van der Waals surface area contributed by atoms with E-state index < -0.39 is 0 Å². The van der Waals surface area contributed by atoms with E-state index in [1.54, 1.807) is 0 Å². The van der Waals surface area contributed by atoms with Crippen LogP contribution in [0.2, 0.25) is 0 Å². The molecule has 2 N–H and O–H groups in total. The first-order valence-electron chi connectivity index (χ1n) is 8.61. The number of ether oxygens (including phenoxy) is 2. The lowest BCUT2D eigenvalue weighted by molar-refractivity contribution is 0.0168. The Balaban J connectivity index is 1.75. The summed E-state index contributed by atoms with van der Waals surface area (Å²) in [5, 5.41) is 4.42. The second kappa shape index (κ2) is 9.27. The van der Waals surface area contributed by atoms with Gasteiger partial charge in [-0.1, -0.05) is 6.92 Å². The molecule has 2 aliphatic rings. The van der Waals surface area contributed by atoms with Gasteiger partial charge in [0.2, 0.25) is 0 Å². The van der Waals surface area contributed by atoms with Crippen LogP contribution in [0.5, 0.6) is 0 Å². The molecule has 0 saturated carbocycles. The van der Waals surface area contributed by atoms with E-state index in [1.165, 1.54) is 0 Å². The van der Waals surface area contributed by atoms with Crippen LogP contribution in [0.15, 0.2) is 23.6 Å². The highest BCUT2D eigenvalue weighted by Crippen LogP contribution is 2.24. The standard InChI is InChI=1S/C17H32N4O2/c1-4-19(2)20(3)14-15-13-16(5-6-17(15)18)23-12-9-21-7-10-22-11-8-21/h5-6,15H,4,7-14,18H2,1-3H3. The molecule has 0 spiro atoms. The highest BCUT2D eigenvalue weighted by atomic mass is 16.5. The van der Waals surface area contributed by atoms with Gasteiger partial charge in [0, 0.05) is 64.9 Å². The normalized spacial score (nSPS) is 23.1. The largest absolute Gasteiger partial charge is 0.497 e. The summed E-state index contributed by atoms with van der Waals surface area (Å²) >= 11 is 0. The number of hydrazine groups is 1. The summed E-state index contributed by atoms with van der Waals surface area (Å²) in [6.45, 7) is 9.43. The highest BCUT2D eigenvalue weighted by molar-refractivity contribution is 5.22. The van der Waals surface area contributed by atoms with Crippen molar-refractivity contribution in [2.45, 2.75) is 13.3 Å². The Bertz CT molecular complexity index is 419. The van der Waals surface area contributed by atoms with Crippen molar-refractivity contribution in [3.8, 4) is 0 Å². The van der Waals surface area contributed by atoms with E-state index in [1.807, 2.05) is 12.2 Å². The van der Waals surface area contributed by atoms with Gasteiger partial charge in [0.15, 0.2) is 0 Å². The number of hydrogen-bond acceptors (Lipinski definition) is 6. The summed E-state index contributed by atoms with van der Waals surface area (Å²) in [4.78, 5) is 2.39. The van der Waals surface area contributed by atoms with Crippen LogP contribution >= 0.6 is 0 Å². The molecule has 0 aromatic rings. The van der Waals surface area contributed by atoms with Crippen LogP contribution in [-0.2, 0) is 9.47 Å². The summed E-state index contributed by atoms with van der Waals surface area (Å²) in [6, 6.07) is 0. The molecule has 2 rings (SSSR count). The molecule has 1 atom stereocenters. The van der Waals surface area contributed by atoms with Gasteiger partial charge in [0.25, 0.3) is 0 Å². The fourth-order valence-corrected chi connectivity index (χ4v) is 2.86. The van der Waals surface area contributed by atoms with Crippen LogP contribution in [0.25, 0.3) is 0 Å². The minimum Gasteiger partial charge on any atom is -0.497 e. The smallest absolute Gasteiger partial charge is 0.100 e. The third-order valence-electron chi connectivity index (χ3n) is 4.70. The number of allylic oxidation sites excluding steroid dienone is 3. The lowest BCUT2D eigenvalue weighted by atomic mass is 9.95. The van der Waals surface area contributed by atoms with Crippen molar-refractivity contribution < 1.29 is 9.47 Å². The molecule has 1 heterocycles. The molecule has 6 nitrogen and oxygen atoms in total. The average molecular weight is 324 g/mol. The van der Waals surface area contributed by atoms with E-state index in [0.29, 0.717) is 5.92 Å². The average Bonchev–Trinajstić information content (AvgIpc) is 2.57. The van der Waals surface area contributed by atoms with Crippen LogP contribution in [0, 0.1) is 5.92 Å². The van der Waals surface area contributed by atoms with Crippen molar-refractivity contribution in [3.63, 3.8) is 0 Å². The van der Waals surface area contributed by atoms with Gasteiger partial charge < -0.3 is 15.2 Å². The summed E-state index contributed by atoms with van der Waals surface area (Å²) in [5.74, 6) is 1.36. The summed E-state index contributed by atoms with van der Waals surface area (Å²) in [7, 11) is 4.20. The van der Waals surface area contributed by atoms with Gasteiger partial charge in [0.1, 0.15) is 6.61 Å². The lowest BCUT2D eigenvalue weighted by Crippen LogP contribution is -2.41. The molecule has 1 aliphatic carbocycles. The van der Waals surface area contributed by atoms with E-state index in [9.17, 15) is 0 Å². The third-order valence-corrected chi connectivity index (χ3v) is 4.70. The minimum atomic E-state index is 0.317. The summed E-state index contributed by atoms with van der Waals surface area (Å²) < 4.78 is 11.3. The highest BCUT2D eigenvalue weighted by Gasteiger charge is 2.21. The van der Waals surface area contributed by atoms with Gasteiger partial charge in [-0.2, -0.15) is 0 Å². The van der Waals surface area contributed by atoms with Crippen molar-refractivity contribution in [3.05, 3.63) is 23.6 Å². The molecular weight excluding hydrogens is 292 g/mol. The van der Waals surface area contributed by atoms with Gasteiger partial charge in [-0.05, 0) is 12.2 Å². The SMILES string of the molecule is CCN(C)N(C)CC1CC(OCCN2CCOCC2)=CC=C1N. The van der Waals surface area contributed by atoms with Crippen LogP contribution in [-0.4, -0.2) is 81.6 Å². The minimum absolute atomic E-state index is 0.317. The quantitative estimate of drug-likeness (QED) is 0.669. The van der Waals surface area contributed by atoms with Crippen molar-refractivity contribution in [2.24, 2.45) is 11.7 Å². The zero-order chi connectivity index (χ0) is 16.7. The first-order valence-corrected chi connectivity index (χ1v) is 8.61. The number of nitrogens with two attached hydrogens (primary N) is 1. The zero-order valence-electron chi connectivity index (χ0n) is 14.8. The Morgan fingerprint density at radius 1 is 1.26 bits per heavy atom. The van der Waals surface area contributed by atoms with Gasteiger partial charge in [-0.3, -0.25) is 4.90 Å². The summed E-state index contributed by atoms with van der Waals surface area (Å²) in [6.07, 6.45) is 4.90.